The van der Waals surface area contributed by atoms with E-state index >= 15 is 0 Å². The number of hydrogen-bond donors (Lipinski definition) is 5. The van der Waals surface area contributed by atoms with Crippen molar-refractivity contribution in [3.05, 3.63) is 0 Å². The molecule has 8 N–H and O–H groups in total. The normalized spacial score (nSPS) is 13.5. The van der Waals surface area contributed by atoms with E-state index in [0.717, 1.165) is 76.6 Å². The molecule has 5 rings (SSSR count). The quantitative estimate of drug-likeness (QED) is 0.0707. The van der Waals surface area contributed by atoms with E-state index in [1.54, 1.807) is 69.5 Å². The van der Waals surface area contributed by atoms with Crippen molar-refractivity contribution >= 4 is 41.6 Å². The number of methoxy groups -OCH3 is 2. The molecule has 0 aromatic carbocycles. The molecule has 75 heavy (non-hydrogen) atoms. The number of ether oxygens (including phenoxy) is 2. The third kappa shape index (κ3) is 58.9. The first-order valence-electron chi connectivity index (χ1n) is 21.2. The minimum atomic E-state index is -0.248. The first kappa shape index (κ1) is 115. The fourth-order valence-electron chi connectivity index (χ4n) is 5.15. The van der Waals surface area contributed by atoms with Crippen LogP contribution in [0.15, 0.2) is 0 Å². The van der Waals surface area contributed by atoms with Crippen molar-refractivity contribution in [2.75, 3.05) is 150 Å². The number of carbonyl (C=O) groups is 7. The van der Waals surface area contributed by atoms with Gasteiger partial charge in [0.15, 0.2) is 0 Å². The molecule has 23 heteroatoms. The second kappa shape index (κ2) is 76.3. The van der Waals surface area contributed by atoms with Crippen LogP contribution in [0.25, 0.3) is 0 Å². The van der Waals surface area contributed by atoms with E-state index in [2.05, 4.69) is 32.9 Å². The van der Waals surface area contributed by atoms with Crippen LogP contribution in [0.1, 0.15) is 161 Å². The number of likely N-dealkylation sites (N-methyl/N-ethyl adjacent to an activating group) is 4. The molecule has 5 heterocycles. The summed E-state index contributed by atoms with van der Waals surface area (Å²) in [5.74, 6) is 0.121. The maximum absolute atomic E-state index is 11.1. The first-order valence-corrected chi connectivity index (χ1v) is 21.2. The van der Waals surface area contributed by atoms with Crippen molar-refractivity contribution in [1.29, 1.82) is 0 Å². The lowest BCUT2D eigenvalue weighted by Crippen LogP contribution is -2.35. The number of nitrogens with two attached hydrogens (primary N) is 3. The summed E-state index contributed by atoms with van der Waals surface area (Å²) in [7, 11) is 18.7. The summed E-state index contributed by atoms with van der Waals surface area (Å²) in [4.78, 5) is 91.5. The van der Waals surface area contributed by atoms with Gasteiger partial charge >= 0.3 is 18.1 Å². The molecule has 468 valence electrons. The Morgan fingerprint density at radius 2 is 0.893 bits per heavy atom. The summed E-state index contributed by atoms with van der Waals surface area (Å²) in [6.07, 6.45) is 7.98. The molecular formula is C52H135N13O10. The monoisotopic (exact) mass is 1100 g/mol. The third-order valence-corrected chi connectivity index (χ3v) is 8.91. The van der Waals surface area contributed by atoms with Crippen molar-refractivity contribution in [2.24, 2.45) is 17.2 Å². The molecule has 0 unspecified atom stereocenters. The van der Waals surface area contributed by atoms with E-state index in [0.29, 0.717) is 38.5 Å². The number of imide groups is 1. The summed E-state index contributed by atoms with van der Waals surface area (Å²) in [5, 5.41) is 6.44. The van der Waals surface area contributed by atoms with Crippen LogP contribution in [0.4, 0.5) is 14.4 Å². The molecule has 0 aromatic rings. The Morgan fingerprint density at radius 1 is 0.520 bits per heavy atom. The molecule has 0 radical (unpaired) electrons. The number of likely N-dealkylation sites (tertiary alicyclic amines) is 1. The number of rotatable bonds is 12. The van der Waals surface area contributed by atoms with Gasteiger partial charge in [0, 0.05) is 128 Å². The Morgan fingerprint density at radius 3 is 1.09 bits per heavy atom. The smallest absolute Gasteiger partial charge is 0.321 e. The molecule has 0 saturated carbocycles. The van der Waals surface area contributed by atoms with Crippen LogP contribution in [-0.4, -0.2) is 231 Å². The summed E-state index contributed by atoms with van der Waals surface area (Å²) in [6, 6.07) is 0.307. The number of Topliss-reactive ketones (excluding diaryl/α,β-unsaturated/α-hetero) is 1. The third-order valence-electron chi connectivity index (χ3n) is 8.91. The van der Waals surface area contributed by atoms with Gasteiger partial charge in [-0.3, -0.25) is 24.1 Å². The van der Waals surface area contributed by atoms with Crippen molar-refractivity contribution in [2.45, 2.75) is 161 Å². The first-order chi connectivity index (χ1) is 29.9. The lowest BCUT2D eigenvalue weighted by atomic mass is 10.1. The molecule has 0 atom stereocenters. The van der Waals surface area contributed by atoms with Crippen molar-refractivity contribution in [3.8, 4) is 0 Å². The van der Waals surface area contributed by atoms with Crippen molar-refractivity contribution < 1.29 is 47.9 Å². The van der Waals surface area contributed by atoms with Gasteiger partial charge in [0.05, 0.1) is 20.5 Å². The highest BCUT2D eigenvalue weighted by Gasteiger charge is 2.29. The van der Waals surface area contributed by atoms with Gasteiger partial charge in [-0.15, -0.1) is 0 Å². The van der Waals surface area contributed by atoms with Gasteiger partial charge in [-0.2, -0.15) is 5.06 Å². The number of hydroxylamine groups is 2. The van der Waals surface area contributed by atoms with Gasteiger partial charge in [0.25, 0.3) is 11.8 Å². The van der Waals surface area contributed by atoms with Crippen LogP contribution in [0, 0.1) is 0 Å². The maximum Gasteiger partial charge on any atom is 0.321 e. The molecule has 0 aromatic heterocycles. The summed E-state index contributed by atoms with van der Waals surface area (Å²) >= 11 is 0. The van der Waals surface area contributed by atoms with Gasteiger partial charge < -0.3 is 71.5 Å². The number of nitrogens with zero attached hydrogens (tertiary/aromatic N) is 8. The maximum atomic E-state index is 11.1. The number of ketones is 1. The van der Waals surface area contributed by atoms with Gasteiger partial charge in [0.2, 0.25) is 5.91 Å². The molecule has 5 fully saturated rings. The molecule has 5 saturated heterocycles. The number of urea groups is 3. The van der Waals surface area contributed by atoms with E-state index in [9.17, 15) is 33.6 Å². The van der Waals surface area contributed by atoms with Crippen LogP contribution in [0.5, 0.6) is 0 Å². The average molecular weight is 1100 g/mol. The number of nitrogens with one attached hydrogen (secondary N) is 2. The minimum Gasteiger partial charge on any atom is -0.370 e. The Labute approximate surface area is 466 Å². The van der Waals surface area contributed by atoms with E-state index < -0.39 is 0 Å². The minimum absolute atomic E-state index is 0. The molecule has 5 aliphatic rings. The zero-order valence-electron chi connectivity index (χ0n) is 41.0. The van der Waals surface area contributed by atoms with E-state index in [1.807, 2.05) is 35.2 Å². The number of hydrogen-bond acceptors (Lipinski definition) is 15. The van der Waals surface area contributed by atoms with Gasteiger partial charge in [0.1, 0.15) is 12.5 Å². The number of amides is 9. The summed E-state index contributed by atoms with van der Waals surface area (Å²) in [5.41, 5.74) is 14.2. The summed E-state index contributed by atoms with van der Waals surface area (Å²) in [6.45, 7) is 11.8. The highest BCUT2D eigenvalue weighted by Crippen LogP contribution is 2.10. The zero-order chi connectivity index (χ0) is 49.3. The molecule has 0 bridgehead atoms. The van der Waals surface area contributed by atoms with Gasteiger partial charge in [-0.05, 0) is 40.9 Å². The van der Waals surface area contributed by atoms with E-state index in [1.165, 1.54) is 33.4 Å². The highest BCUT2D eigenvalue weighted by molar-refractivity contribution is 6.00. The van der Waals surface area contributed by atoms with E-state index in [-0.39, 0.29) is 132 Å². The molecule has 23 nitrogen and oxygen atoms in total. The standard InChI is InChI=1S/C8H16O.C6H13N3O.C6H12N2O2.C5H10N2O.C5H7NO3.C5H9NO.C2H8N2.C2H7NO.CH5N.12CH4/c1-3-4-5-6-7-8(2)9;1-7-5-9-4-3-8(2)6(9)10;1-7-3-4-8(5-10-2)6(7)9;1-6-3-4-7(2)5(6)8;1-9-6-4(7)2-3-5(6)8;1-6-4-2-3-5(6)7;2*1-4-2-3;1-2;;;;;;;;;;;;/h3-7H2,1-2H3;7H,3-5H2,1-2H3;3-5H2,1-2H3;3-4H2,1-2H3;2-3H2,1H3;2-4H2,1H3;4H,2-3H2,1H3;2-3H2,1H3;2H2,1H3;12*1H4. The molecule has 5 aliphatic heterocycles. The summed E-state index contributed by atoms with van der Waals surface area (Å²) < 4.78 is 9.14. The van der Waals surface area contributed by atoms with Crippen LogP contribution >= 0.6 is 0 Å². The second-order valence-corrected chi connectivity index (χ2v) is 14.2. The predicted molar refractivity (Wildman–Crippen MR) is 325 cm³/mol. The fraction of sp³-hybridized carbons (Fsp3) is 0.865. The molecule has 0 aliphatic carbocycles. The van der Waals surface area contributed by atoms with Crippen LogP contribution < -0.4 is 27.8 Å². The topological polar surface area (TPSA) is 275 Å². The number of unbranched alkanes of at least 4 members (excludes halogenated alkanes) is 3. The lowest BCUT2D eigenvalue weighted by molar-refractivity contribution is -0.179. The SMILES string of the molecule is C.C.C.C.C.C.C.C.C.C.C.C.CCCCCCC(C)=O.CN.CN1CCCC1=O.CN1CCN(C)C1=O.CNCN.CNCN1CCN(C)C1=O.COCN.COCN1CCN(C)C1=O.CON1C(=O)CCC1=O. The van der Waals surface area contributed by atoms with Crippen LogP contribution in [0.3, 0.4) is 0 Å². The van der Waals surface area contributed by atoms with E-state index in [4.69, 9.17) is 16.2 Å². The molecule has 0 spiro atoms. The Bertz CT molecular complexity index is 1170. The fourth-order valence-corrected chi connectivity index (χ4v) is 5.15. The van der Waals surface area contributed by atoms with Gasteiger partial charge in [-0.1, -0.05) is 115 Å². The average Bonchev–Trinajstić information content (AvgIpc) is 4.08. The van der Waals surface area contributed by atoms with Crippen LogP contribution in [-0.2, 0) is 33.5 Å². The Hall–Kier alpha value is -4.23. The Kier molecular flexibility index (Phi) is 117. The lowest BCUT2D eigenvalue weighted by Gasteiger charge is -2.14. The predicted octanol–water partition coefficient (Wildman–Crippen LogP) is 7.83. The Balaban J connectivity index is -0.0000000373. The van der Waals surface area contributed by atoms with Gasteiger partial charge in [-0.25, -0.2) is 14.4 Å². The molecule has 9 amide bonds. The van der Waals surface area contributed by atoms with Crippen molar-refractivity contribution in [1.82, 2.24) is 50.0 Å². The zero-order valence-corrected chi connectivity index (χ0v) is 41.0. The highest BCUT2D eigenvalue weighted by atomic mass is 16.7. The largest absolute Gasteiger partial charge is 0.370 e. The second-order valence-electron chi connectivity index (χ2n) is 14.2. The van der Waals surface area contributed by atoms with Crippen LogP contribution in [0.2, 0.25) is 0 Å². The number of carbonyl (C=O) groups excluding carboxylic acids is 7. The molecular weight excluding hydrogens is 967 g/mol. The van der Waals surface area contributed by atoms with Crippen molar-refractivity contribution in [3.63, 3.8) is 0 Å².